The van der Waals surface area contributed by atoms with Gasteiger partial charge < -0.3 is 20.1 Å². The Morgan fingerprint density at radius 1 is 1.44 bits per heavy atom. The van der Waals surface area contributed by atoms with Gasteiger partial charge in [-0.1, -0.05) is 0 Å². The number of morpholine rings is 1. The predicted molar refractivity (Wildman–Crippen MR) is 71.0 cm³/mol. The minimum absolute atomic E-state index is 0. The molecular weight excluding hydrogens is 256 g/mol. The summed E-state index contributed by atoms with van der Waals surface area (Å²) in [4.78, 5) is 11.6. The smallest absolute Gasteiger partial charge is 0.221 e. The van der Waals surface area contributed by atoms with Gasteiger partial charge in [-0.2, -0.15) is 0 Å². The zero-order chi connectivity index (χ0) is 11.9. The molecule has 6 heteroatoms. The predicted octanol–water partition coefficient (Wildman–Crippen LogP) is 0.330. The van der Waals surface area contributed by atoms with Crippen molar-refractivity contribution in [2.75, 3.05) is 39.5 Å². The van der Waals surface area contributed by atoms with Gasteiger partial charge >= 0.3 is 0 Å². The molecule has 0 aromatic carbocycles. The zero-order valence-electron chi connectivity index (χ0n) is 10.7. The molecule has 1 saturated heterocycles. The van der Waals surface area contributed by atoms with Crippen LogP contribution in [-0.4, -0.2) is 51.5 Å². The highest BCUT2D eigenvalue weighted by Crippen LogP contribution is 2.28. The van der Waals surface area contributed by atoms with Crippen LogP contribution in [0.1, 0.15) is 19.3 Å². The van der Waals surface area contributed by atoms with E-state index in [1.807, 2.05) is 0 Å². The number of rotatable bonds is 7. The van der Waals surface area contributed by atoms with Crippen LogP contribution in [0.5, 0.6) is 0 Å². The van der Waals surface area contributed by atoms with Crippen LogP contribution in [0.3, 0.4) is 0 Å². The Labute approximate surface area is 114 Å². The summed E-state index contributed by atoms with van der Waals surface area (Å²) in [7, 11) is 0. The number of nitrogens with one attached hydrogen (secondary N) is 2. The lowest BCUT2D eigenvalue weighted by atomic mass is 10.2. The van der Waals surface area contributed by atoms with Crippen molar-refractivity contribution in [3.63, 3.8) is 0 Å². The topological polar surface area (TPSA) is 59.6 Å². The van der Waals surface area contributed by atoms with Crippen molar-refractivity contribution in [2.24, 2.45) is 5.92 Å². The van der Waals surface area contributed by atoms with E-state index in [0.29, 0.717) is 26.2 Å². The van der Waals surface area contributed by atoms with Crippen LogP contribution >= 0.6 is 12.4 Å². The van der Waals surface area contributed by atoms with E-state index in [0.717, 1.165) is 25.7 Å². The molecule has 1 saturated carbocycles. The fourth-order valence-electron chi connectivity index (χ4n) is 1.84. The Balaban J connectivity index is 0.00000162. The summed E-state index contributed by atoms with van der Waals surface area (Å²) in [6, 6.07) is 0.163. The van der Waals surface area contributed by atoms with E-state index in [1.165, 1.54) is 12.8 Å². The van der Waals surface area contributed by atoms with Crippen molar-refractivity contribution < 1.29 is 14.3 Å². The molecule has 2 N–H and O–H groups in total. The van der Waals surface area contributed by atoms with Crippen molar-refractivity contribution in [1.29, 1.82) is 0 Å². The monoisotopic (exact) mass is 278 g/mol. The third-order valence-corrected chi connectivity index (χ3v) is 3.05. The van der Waals surface area contributed by atoms with Crippen LogP contribution in [0.15, 0.2) is 0 Å². The summed E-state index contributed by atoms with van der Waals surface area (Å²) in [5.41, 5.74) is 0. The Bertz CT molecular complexity index is 243. The highest BCUT2D eigenvalue weighted by Gasteiger charge is 2.21. The van der Waals surface area contributed by atoms with E-state index in [1.54, 1.807) is 0 Å². The maximum absolute atomic E-state index is 11.6. The standard InChI is InChI=1S/C12H22N2O3.ClH/c15-12(7-11-9-17-5-3-13-11)14-4-6-16-8-10-1-2-10;/h10-11,13H,1-9H2,(H,14,15);1H. The van der Waals surface area contributed by atoms with Crippen molar-refractivity contribution in [1.82, 2.24) is 10.6 Å². The number of hydrogen-bond acceptors (Lipinski definition) is 4. The molecule has 2 aliphatic rings. The van der Waals surface area contributed by atoms with E-state index in [4.69, 9.17) is 9.47 Å². The lowest BCUT2D eigenvalue weighted by molar-refractivity contribution is -0.122. The highest BCUT2D eigenvalue weighted by molar-refractivity contribution is 5.85. The molecular formula is C12H23ClN2O3. The summed E-state index contributed by atoms with van der Waals surface area (Å²) in [6.07, 6.45) is 3.10. The van der Waals surface area contributed by atoms with E-state index >= 15 is 0 Å². The maximum atomic E-state index is 11.6. The first-order chi connectivity index (χ1) is 8.34. The molecule has 1 amide bonds. The molecule has 0 aromatic rings. The number of amides is 1. The summed E-state index contributed by atoms with van der Waals surface area (Å²) >= 11 is 0. The van der Waals surface area contributed by atoms with Gasteiger partial charge in [-0.25, -0.2) is 0 Å². The number of carbonyl (C=O) groups is 1. The Morgan fingerprint density at radius 3 is 2.94 bits per heavy atom. The first-order valence-corrected chi connectivity index (χ1v) is 6.50. The van der Waals surface area contributed by atoms with Gasteiger partial charge in [0, 0.05) is 32.2 Å². The summed E-state index contributed by atoms with van der Waals surface area (Å²) in [5.74, 6) is 0.859. The molecule has 18 heavy (non-hydrogen) atoms. The Kier molecular flexibility index (Phi) is 7.58. The molecule has 0 spiro atoms. The third kappa shape index (κ3) is 6.54. The molecule has 1 aliphatic heterocycles. The SMILES string of the molecule is Cl.O=C(CC1COCCN1)NCCOCC1CC1. The first-order valence-electron chi connectivity index (χ1n) is 6.50. The maximum Gasteiger partial charge on any atom is 0.221 e. The van der Waals surface area contributed by atoms with Crippen molar-refractivity contribution in [3.05, 3.63) is 0 Å². The van der Waals surface area contributed by atoms with Crippen LogP contribution in [0.2, 0.25) is 0 Å². The minimum Gasteiger partial charge on any atom is -0.379 e. The van der Waals surface area contributed by atoms with Gasteiger partial charge in [-0.15, -0.1) is 12.4 Å². The number of ether oxygens (including phenoxy) is 2. The molecule has 5 nitrogen and oxygen atoms in total. The molecule has 1 unspecified atom stereocenters. The lowest BCUT2D eigenvalue weighted by Gasteiger charge is -2.23. The molecule has 0 aromatic heterocycles. The molecule has 1 aliphatic carbocycles. The fraction of sp³-hybridized carbons (Fsp3) is 0.917. The van der Waals surface area contributed by atoms with Gasteiger partial charge in [0.05, 0.1) is 19.8 Å². The zero-order valence-corrected chi connectivity index (χ0v) is 11.5. The average molecular weight is 279 g/mol. The normalized spacial score (nSPS) is 23.2. The van der Waals surface area contributed by atoms with E-state index < -0.39 is 0 Å². The lowest BCUT2D eigenvalue weighted by Crippen LogP contribution is -2.44. The molecule has 0 radical (unpaired) electrons. The molecule has 1 heterocycles. The molecule has 106 valence electrons. The number of hydrogen-bond donors (Lipinski definition) is 2. The first kappa shape index (κ1) is 15.7. The fourth-order valence-corrected chi connectivity index (χ4v) is 1.84. The van der Waals surface area contributed by atoms with Crippen molar-refractivity contribution in [3.8, 4) is 0 Å². The summed E-state index contributed by atoms with van der Waals surface area (Å²) in [6.45, 7) is 4.30. The second kappa shape index (κ2) is 8.69. The van der Waals surface area contributed by atoms with Gasteiger partial charge in [-0.05, 0) is 18.8 Å². The third-order valence-electron chi connectivity index (χ3n) is 3.05. The number of halogens is 1. The highest BCUT2D eigenvalue weighted by atomic mass is 35.5. The van der Waals surface area contributed by atoms with E-state index in [2.05, 4.69) is 10.6 Å². The Morgan fingerprint density at radius 2 is 2.28 bits per heavy atom. The van der Waals surface area contributed by atoms with Gasteiger partial charge in [-0.3, -0.25) is 4.79 Å². The number of carbonyl (C=O) groups excluding carboxylic acids is 1. The van der Waals surface area contributed by atoms with Gasteiger partial charge in [0.25, 0.3) is 0 Å². The van der Waals surface area contributed by atoms with Crippen LogP contribution in [0.4, 0.5) is 0 Å². The quantitative estimate of drug-likeness (QED) is 0.659. The molecule has 2 rings (SSSR count). The van der Waals surface area contributed by atoms with Gasteiger partial charge in [0.1, 0.15) is 0 Å². The van der Waals surface area contributed by atoms with Crippen LogP contribution in [0, 0.1) is 5.92 Å². The molecule has 0 bridgehead atoms. The van der Waals surface area contributed by atoms with E-state index in [9.17, 15) is 4.79 Å². The largest absolute Gasteiger partial charge is 0.379 e. The minimum atomic E-state index is 0. The average Bonchev–Trinajstić information content (AvgIpc) is 3.14. The van der Waals surface area contributed by atoms with Gasteiger partial charge in [0.15, 0.2) is 0 Å². The van der Waals surface area contributed by atoms with Crippen LogP contribution in [-0.2, 0) is 14.3 Å². The molecule has 1 atom stereocenters. The van der Waals surface area contributed by atoms with Crippen molar-refractivity contribution >= 4 is 18.3 Å². The molecule has 2 fully saturated rings. The summed E-state index contributed by atoms with van der Waals surface area (Å²) < 4.78 is 10.7. The van der Waals surface area contributed by atoms with Crippen molar-refractivity contribution in [2.45, 2.75) is 25.3 Å². The van der Waals surface area contributed by atoms with Crippen LogP contribution < -0.4 is 10.6 Å². The van der Waals surface area contributed by atoms with E-state index in [-0.39, 0.29) is 24.4 Å². The van der Waals surface area contributed by atoms with Crippen LogP contribution in [0.25, 0.3) is 0 Å². The summed E-state index contributed by atoms with van der Waals surface area (Å²) in [5, 5.41) is 6.12. The van der Waals surface area contributed by atoms with Gasteiger partial charge in [0.2, 0.25) is 5.91 Å². The Hall–Kier alpha value is -0.360. The second-order valence-electron chi connectivity index (χ2n) is 4.80. The second-order valence-corrected chi connectivity index (χ2v) is 4.80.